The second kappa shape index (κ2) is 6.96. The largest absolute Gasteiger partial charge is 0.493 e. The van der Waals surface area contributed by atoms with E-state index >= 15 is 0 Å². The molecular formula is C21H19NO4S. The lowest BCUT2D eigenvalue weighted by molar-refractivity contribution is 0.356. The van der Waals surface area contributed by atoms with Crippen LogP contribution in [-0.2, 0) is 6.54 Å². The summed E-state index contributed by atoms with van der Waals surface area (Å²) < 4.78 is 18.1. The van der Waals surface area contributed by atoms with Crippen LogP contribution in [0.15, 0.2) is 51.7 Å². The Bertz CT molecular complexity index is 1190. The molecule has 0 radical (unpaired) electrons. The molecule has 0 aliphatic heterocycles. The van der Waals surface area contributed by atoms with Crippen molar-refractivity contribution in [3.63, 3.8) is 0 Å². The van der Waals surface area contributed by atoms with Gasteiger partial charge in [-0.05, 0) is 43.3 Å². The molecule has 0 spiro atoms. The van der Waals surface area contributed by atoms with Gasteiger partial charge in [0.25, 0.3) is 0 Å². The van der Waals surface area contributed by atoms with Crippen LogP contribution in [0.1, 0.15) is 11.5 Å². The van der Waals surface area contributed by atoms with Crippen LogP contribution < -0.4 is 20.2 Å². The minimum Gasteiger partial charge on any atom is -0.493 e. The fraction of sp³-hybridized carbons (Fsp3) is 0.190. The van der Waals surface area contributed by atoms with Gasteiger partial charge < -0.3 is 19.2 Å². The number of benzene rings is 2. The first kappa shape index (κ1) is 17.4. The quantitative estimate of drug-likeness (QED) is 0.496. The van der Waals surface area contributed by atoms with Crippen molar-refractivity contribution in [3.8, 4) is 11.5 Å². The maximum Gasteiger partial charge on any atom is 0.196 e. The number of furan rings is 1. The Morgan fingerprint density at radius 1 is 0.963 bits per heavy atom. The van der Waals surface area contributed by atoms with Gasteiger partial charge in [-0.1, -0.05) is 0 Å². The summed E-state index contributed by atoms with van der Waals surface area (Å²) in [6.07, 6.45) is 0. The lowest BCUT2D eigenvalue weighted by Crippen LogP contribution is -2.03. The molecule has 27 heavy (non-hydrogen) atoms. The third kappa shape index (κ3) is 3.24. The van der Waals surface area contributed by atoms with E-state index in [1.165, 1.54) is 0 Å². The third-order valence-electron chi connectivity index (χ3n) is 4.44. The van der Waals surface area contributed by atoms with Crippen molar-refractivity contribution in [3.05, 3.63) is 64.2 Å². The Labute approximate surface area is 160 Å². The molecule has 6 heteroatoms. The molecule has 2 heterocycles. The highest BCUT2D eigenvalue weighted by atomic mass is 32.1. The molecule has 0 amide bonds. The Hall–Kier alpha value is -2.99. The summed E-state index contributed by atoms with van der Waals surface area (Å²) >= 11 is 1.56. The van der Waals surface area contributed by atoms with Crippen LogP contribution in [0.4, 0.5) is 5.69 Å². The predicted octanol–water partition coefficient (Wildman–Crippen LogP) is 4.95. The molecule has 1 N–H and O–H groups in total. The van der Waals surface area contributed by atoms with Gasteiger partial charge >= 0.3 is 0 Å². The Balaban J connectivity index is 1.76. The van der Waals surface area contributed by atoms with E-state index in [9.17, 15) is 4.79 Å². The third-order valence-corrected chi connectivity index (χ3v) is 5.55. The smallest absolute Gasteiger partial charge is 0.196 e. The van der Waals surface area contributed by atoms with E-state index in [4.69, 9.17) is 13.9 Å². The van der Waals surface area contributed by atoms with Crippen molar-refractivity contribution >= 4 is 37.2 Å². The minimum atomic E-state index is -0.00656. The molecule has 0 atom stereocenters. The molecule has 0 fully saturated rings. The van der Waals surface area contributed by atoms with Crippen LogP contribution in [0, 0.1) is 6.92 Å². The molecule has 0 unspecified atom stereocenters. The summed E-state index contributed by atoms with van der Waals surface area (Å²) in [7, 11) is 3.16. The second-order valence-electron chi connectivity index (χ2n) is 6.21. The van der Waals surface area contributed by atoms with Crippen LogP contribution in [0.3, 0.4) is 0 Å². The Morgan fingerprint density at radius 3 is 2.41 bits per heavy atom. The van der Waals surface area contributed by atoms with Crippen LogP contribution >= 0.6 is 11.3 Å². The maximum atomic E-state index is 12.9. The standard InChI is InChI=1S/C21H19NO4S/c1-12-4-6-14(26-12)11-22-13-5-7-15-19(8-13)27-20-10-18(25-3)17(24-2)9-16(20)21(15)23/h4-10,22H,11H2,1-3H3. The topological polar surface area (TPSA) is 60.7 Å². The maximum absolute atomic E-state index is 12.9. The zero-order valence-corrected chi connectivity index (χ0v) is 16.1. The molecule has 5 nitrogen and oxygen atoms in total. The van der Waals surface area contributed by atoms with Crippen molar-refractivity contribution in [1.29, 1.82) is 0 Å². The highest BCUT2D eigenvalue weighted by Gasteiger charge is 2.12. The fourth-order valence-electron chi connectivity index (χ4n) is 3.06. The Kier molecular flexibility index (Phi) is 4.49. The molecule has 0 saturated carbocycles. The first-order valence-corrected chi connectivity index (χ1v) is 9.32. The van der Waals surface area contributed by atoms with Gasteiger partial charge in [0.05, 0.1) is 20.8 Å². The van der Waals surface area contributed by atoms with Crippen molar-refractivity contribution < 1.29 is 13.9 Å². The van der Waals surface area contributed by atoms with Gasteiger partial charge in [0.2, 0.25) is 0 Å². The fourth-order valence-corrected chi connectivity index (χ4v) is 4.18. The number of hydrogen-bond donors (Lipinski definition) is 1. The monoisotopic (exact) mass is 381 g/mol. The van der Waals surface area contributed by atoms with Gasteiger partial charge in [-0.15, -0.1) is 11.3 Å². The van der Waals surface area contributed by atoms with Crippen LogP contribution in [0.25, 0.3) is 20.2 Å². The molecule has 138 valence electrons. The van der Waals surface area contributed by atoms with Gasteiger partial charge in [0.1, 0.15) is 11.5 Å². The molecule has 0 saturated heterocycles. The highest BCUT2D eigenvalue weighted by molar-refractivity contribution is 7.24. The number of ether oxygens (including phenoxy) is 2. The number of aryl methyl sites for hydroxylation is 1. The molecule has 0 aliphatic carbocycles. The number of hydrogen-bond acceptors (Lipinski definition) is 6. The molecule has 0 bridgehead atoms. The summed E-state index contributed by atoms with van der Waals surface area (Å²) in [5.41, 5.74) is 0.931. The van der Waals surface area contributed by atoms with E-state index in [0.29, 0.717) is 28.8 Å². The van der Waals surface area contributed by atoms with Crippen molar-refractivity contribution in [2.24, 2.45) is 0 Å². The van der Waals surface area contributed by atoms with E-state index in [1.54, 1.807) is 31.6 Å². The molecular weight excluding hydrogens is 362 g/mol. The van der Waals surface area contributed by atoms with Gasteiger partial charge in [0, 0.05) is 31.9 Å². The average molecular weight is 381 g/mol. The zero-order chi connectivity index (χ0) is 19.0. The van der Waals surface area contributed by atoms with Crippen molar-refractivity contribution in [2.45, 2.75) is 13.5 Å². The number of rotatable bonds is 5. The van der Waals surface area contributed by atoms with E-state index in [0.717, 1.165) is 26.6 Å². The number of fused-ring (bicyclic) bond motifs is 2. The van der Waals surface area contributed by atoms with E-state index < -0.39 is 0 Å². The molecule has 4 aromatic rings. The molecule has 4 rings (SSSR count). The van der Waals surface area contributed by atoms with Crippen LogP contribution in [-0.4, -0.2) is 14.2 Å². The van der Waals surface area contributed by atoms with Crippen LogP contribution in [0.2, 0.25) is 0 Å². The Morgan fingerprint density at radius 2 is 1.70 bits per heavy atom. The van der Waals surface area contributed by atoms with Crippen LogP contribution in [0.5, 0.6) is 11.5 Å². The lowest BCUT2D eigenvalue weighted by atomic mass is 10.1. The van der Waals surface area contributed by atoms with Gasteiger partial charge in [0.15, 0.2) is 16.9 Å². The number of nitrogens with one attached hydrogen (secondary N) is 1. The summed E-state index contributed by atoms with van der Waals surface area (Å²) in [6.45, 7) is 2.51. The van der Waals surface area contributed by atoms with Crippen molar-refractivity contribution in [1.82, 2.24) is 0 Å². The zero-order valence-electron chi connectivity index (χ0n) is 15.3. The van der Waals surface area contributed by atoms with E-state index in [2.05, 4.69) is 5.32 Å². The first-order valence-electron chi connectivity index (χ1n) is 8.51. The molecule has 2 aromatic carbocycles. The van der Waals surface area contributed by atoms with Gasteiger partial charge in [-0.25, -0.2) is 0 Å². The van der Waals surface area contributed by atoms with Gasteiger partial charge in [-0.3, -0.25) is 4.79 Å². The molecule has 2 aromatic heterocycles. The van der Waals surface area contributed by atoms with E-state index in [1.807, 2.05) is 43.3 Å². The lowest BCUT2D eigenvalue weighted by Gasteiger charge is -2.10. The predicted molar refractivity (Wildman–Crippen MR) is 109 cm³/mol. The second-order valence-corrected chi connectivity index (χ2v) is 7.30. The van der Waals surface area contributed by atoms with E-state index in [-0.39, 0.29) is 5.43 Å². The highest BCUT2D eigenvalue weighted by Crippen LogP contribution is 2.35. The molecule has 0 aliphatic rings. The van der Waals surface area contributed by atoms with Crippen molar-refractivity contribution in [2.75, 3.05) is 19.5 Å². The summed E-state index contributed by atoms with van der Waals surface area (Å²) in [6, 6.07) is 13.3. The number of anilines is 1. The first-order chi connectivity index (χ1) is 13.1. The minimum absolute atomic E-state index is 0.00656. The normalized spacial score (nSPS) is 11.1. The SMILES string of the molecule is COc1cc2sc3cc(NCc4ccc(C)o4)ccc3c(=O)c2cc1OC. The summed E-state index contributed by atoms with van der Waals surface area (Å²) in [5.74, 6) is 2.93. The summed E-state index contributed by atoms with van der Waals surface area (Å²) in [4.78, 5) is 12.9. The average Bonchev–Trinajstić information content (AvgIpc) is 3.10. The number of methoxy groups -OCH3 is 2. The summed E-state index contributed by atoms with van der Waals surface area (Å²) in [5, 5.41) is 4.67. The van der Waals surface area contributed by atoms with Gasteiger partial charge in [-0.2, -0.15) is 0 Å².